The molecule has 1 unspecified atom stereocenters. The zero-order chi connectivity index (χ0) is 21.3. The molecule has 1 atom stereocenters. The molecule has 0 amide bonds. The summed E-state index contributed by atoms with van der Waals surface area (Å²) in [6.07, 6.45) is 0. The summed E-state index contributed by atoms with van der Waals surface area (Å²) < 4.78 is 13.1. The molecule has 6 nitrogen and oxygen atoms in total. The van der Waals surface area contributed by atoms with Gasteiger partial charge in [-0.3, -0.25) is 4.79 Å². The third kappa shape index (κ3) is 4.24. The molecule has 0 saturated heterocycles. The van der Waals surface area contributed by atoms with Gasteiger partial charge in [0.25, 0.3) is 5.56 Å². The van der Waals surface area contributed by atoms with Gasteiger partial charge in [0.1, 0.15) is 23.8 Å². The van der Waals surface area contributed by atoms with Crippen LogP contribution < -0.4 is 15.0 Å². The van der Waals surface area contributed by atoms with Crippen molar-refractivity contribution in [3.8, 4) is 28.4 Å². The maximum atomic E-state index is 12.7. The summed E-state index contributed by atoms with van der Waals surface area (Å²) in [5.74, 6) is 2.00. The van der Waals surface area contributed by atoms with E-state index < -0.39 is 0 Å². The van der Waals surface area contributed by atoms with E-state index in [-0.39, 0.29) is 5.56 Å². The van der Waals surface area contributed by atoms with Crippen LogP contribution >= 0.6 is 0 Å². The van der Waals surface area contributed by atoms with Crippen molar-refractivity contribution in [3.63, 3.8) is 0 Å². The van der Waals surface area contributed by atoms with Crippen molar-refractivity contribution < 1.29 is 9.47 Å². The molecule has 0 N–H and O–H groups in total. The van der Waals surface area contributed by atoms with E-state index in [1.165, 1.54) is 4.68 Å². The number of fused-ring (bicyclic) bond motifs is 3. The van der Waals surface area contributed by atoms with Gasteiger partial charge in [0, 0.05) is 29.7 Å². The highest BCUT2D eigenvalue weighted by atomic mass is 16.5. The lowest BCUT2D eigenvalue weighted by Gasteiger charge is -2.21. The third-order valence-electron chi connectivity index (χ3n) is 5.08. The molecule has 0 spiro atoms. The highest BCUT2D eigenvalue weighted by molar-refractivity contribution is 5.72. The van der Waals surface area contributed by atoms with Crippen molar-refractivity contribution in [3.05, 3.63) is 70.0 Å². The molecule has 156 valence electrons. The number of aromatic nitrogens is 2. The number of benzene rings is 2. The van der Waals surface area contributed by atoms with Crippen LogP contribution in [0.2, 0.25) is 0 Å². The molecule has 6 heteroatoms. The van der Waals surface area contributed by atoms with E-state index in [0.29, 0.717) is 24.8 Å². The van der Waals surface area contributed by atoms with Gasteiger partial charge in [-0.2, -0.15) is 9.78 Å². The monoisotopic (exact) mass is 405 g/mol. The predicted octanol–water partition coefficient (Wildman–Crippen LogP) is 3.68. The molecule has 0 radical (unpaired) electrons. The van der Waals surface area contributed by atoms with Crippen LogP contribution in [-0.4, -0.2) is 41.9 Å². The quantitative estimate of drug-likeness (QED) is 0.626. The van der Waals surface area contributed by atoms with E-state index >= 15 is 0 Å². The Kier molecular flexibility index (Phi) is 5.59. The molecule has 0 saturated carbocycles. The van der Waals surface area contributed by atoms with Crippen molar-refractivity contribution >= 4 is 0 Å². The second-order valence-electron chi connectivity index (χ2n) is 8.23. The first kappa shape index (κ1) is 20.2. The van der Waals surface area contributed by atoms with E-state index in [1.807, 2.05) is 49.4 Å². The smallest absolute Gasteiger partial charge is 0.271 e. The predicted molar refractivity (Wildman–Crippen MR) is 118 cm³/mol. The Balaban J connectivity index is 1.59. The van der Waals surface area contributed by atoms with E-state index in [9.17, 15) is 4.79 Å². The second-order valence-corrected chi connectivity index (χ2v) is 8.23. The maximum Gasteiger partial charge on any atom is 0.271 e. The van der Waals surface area contributed by atoms with Gasteiger partial charge in [0.2, 0.25) is 0 Å². The van der Waals surface area contributed by atoms with E-state index in [2.05, 4.69) is 31.0 Å². The van der Waals surface area contributed by atoms with Gasteiger partial charge in [-0.05, 0) is 57.4 Å². The highest BCUT2D eigenvalue weighted by Gasteiger charge is 2.21. The fourth-order valence-electron chi connectivity index (χ4n) is 3.72. The molecule has 2 heterocycles. The van der Waals surface area contributed by atoms with Crippen LogP contribution in [0.1, 0.15) is 18.1 Å². The number of ether oxygens (including phenoxy) is 2. The molecule has 1 aromatic heterocycles. The number of hydrogen-bond acceptors (Lipinski definition) is 5. The van der Waals surface area contributed by atoms with Crippen molar-refractivity contribution in [2.24, 2.45) is 5.92 Å². The SMILES string of the molecule is Cc1ccc2c(c1)-c1nn(-c3ccc(OCC(C)CN(C)C)cc3)c(=O)cc1CO2. The minimum absolute atomic E-state index is 0.179. The van der Waals surface area contributed by atoms with Gasteiger partial charge in [0.05, 0.1) is 12.3 Å². The van der Waals surface area contributed by atoms with Gasteiger partial charge >= 0.3 is 0 Å². The number of hydrogen-bond donors (Lipinski definition) is 0. The first-order valence-electron chi connectivity index (χ1n) is 10.2. The van der Waals surface area contributed by atoms with Crippen LogP contribution in [0.15, 0.2) is 53.3 Å². The molecular formula is C24H27N3O3. The van der Waals surface area contributed by atoms with E-state index in [1.54, 1.807) is 6.07 Å². The Bertz CT molecular complexity index is 1100. The largest absolute Gasteiger partial charge is 0.493 e. The molecule has 1 aliphatic heterocycles. The van der Waals surface area contributed by atoms with Crippen molar-refractivity contribution in [2.45, 2.75) is 20.5 Å². The lowest BCUT2D eigenvalue weighted by atomic mass is 10.0. The Labute approximate surface area is 176 Å². The topological polar surface area (TPSA) is 56.6 Å². The first-order chi connectivity index (χ1) is 14.4. The van der Waals surface area contributed by atoms with E-state index in [0.717, 1.165) is 40.4 Å². The Hall–Kier alpha value is -3.12. The maximum absolute atomic E-state index is 12.7. The lowest BCUT2D eigenvalue weighted by Crippen LogP contribution is -2.24. The highest BCUT2D eigenvalue weighted by Crippen LogP contribution is 2.36. The van der Waals surface area contributed by atoms with Crippen molar-refractivity contribution in [2.75, 3.05) is 27.2 Å². The van der Waals surface area contributed by atoms with Crippen LogP contribution in [0.25, 0.3) is 16.9 Å². The van der Waals surface area contributed by atoms with Gasteiger partial charge in [-0.15, -0.1) is 0 Å². The Morgan fingerprint density at radius 2 is 1.93 bits per heavy atom. The fraction of sp³-hybridized carbons (Fsp3) is 0.333. The average molecular weight is 405 g/mol. The summed E-state index contributed by atoms with van der Waals surface area (Å²) >= 11 is 0. The minimum Gasteiger partial charge on any atom is -0.493 e. The molecule has 2 aromatic carbocycles. The molecule has 0 aliphatic carbocycles. The summed E-state index contributed by atoms with van der Waals surface area (Å²) in [6.45, 7) is 6.16. The molecule has 0 fully saturated rings. The number of aryl methyl sites for hydroxylation is 1. The first-order valence-corrected chi connectivity index (χ1v) is 10.2. The molecule has 4 rings (SSSR count). The van der Waals surface area contributed by atoms with Crippen LogP contribution in [0.5, 0.6) is 11.5 Å². The summed E-state index contributed by atoms with van der Waals surface area (Å²) in [5, 5.41) is 4.68. The summed E-state index contributed by atoms with van der Waals surface area (Å²) in [4.78, 5) is 14.8. The van der Waals surface area contributed by atoms with Gasteiger partial charge in [-0.1, -0.05) is 18.6 Å². The standard InChI is InChI=1S/C24H27N3O3/c1-16-5-10-22-21(11-16)24-18(15-30-22)12-23(28)27(25-24)19-6-8-20(9-7-19)29-14-17(2)13-26(3)4/h5-12,17H,13-15H2,1-4H3. The molecule has 0 bridgehead atoms. The Morgan fingerprint density at radius 3 is 2.67 bits per heavy atom. The molecule has 30 heavy (non-hydrogen) atoms. The Morgan fingerprint density at radius 1 is 1.17 bits per heavy atom. The molecular weight excluding hydrogens is 378 g/mol. The van der Waals surface area contributed by atoms with Crippen molar-refractivity contribution in [1.82, 2.24) is 14.7 Å². The number of nitrogens with zero attached hydrogens (tertiary/aromatic N) is 3. The van der Waals surface area contributed by atoms with E-state index in [4.69, 9.17) is 9.47 Å². The minimum atomic E-state index is -0.179. The molecule has 1 aliphatic rings. The number of rotatable bonds is 6. The van der Waals surface area contributed by atoms with Crippen LogP contribution in [-0.2, 0) is 6.61 Å². The summed E-state index contributed by atoms with van der Waals surface area (Å²) in [6, 6.07) is 15.1. The third-order valence-corrected chi connectivity index (χ3v) is 5.08. The van der Waals surface area contributed by atoms with Crippen molar-refractivity contribution in [1.29, 1.82) is 0 Å². The fourth-order valence-corrected chi connectivity index (χ4v) is 3.72. The van der Waals surface area contributed by atoms with Gasteiger partial charge < -0.3 is 14.4 Å². The lowest BCUT2D eigenvalue weighted by molar-refractivity contribution is 0.222. The summed E-state index contributed by atoms with van der Waals surface area (Å²) in [5.41, 5.74) is 4.16. The zero-order valence-corrected chi connectivity index (χ0v) is 17.9. The zero-order valence-electron chi connectivity index (χ0n) is 17.9. The second kappa shape index (κ2) is 8.32. The van der Waals surface area contributed by atoms with Crippen LogP contribution in [0.3, 0.4) is 0 Å². The molecule has 3 aromatic rings. The average Bonchev–Trinajstić information content (AvgIpc) is 2.71. The van der Waals surface area contributed by atoms with Gasteiger partial charge in [0.15, 0.2) is 0 Å². The normalized spacial score (nSPS) is 13.4. The van der Waals surface area contributed by atoms with Crippen LogP contribution in [0.4, 0.5) is 0 Å². The summed E-state index contributed by atoms with van der Waals surface area (Å²) in [7, 11) is 4.11. The van der Waals surface area contributed by atoms with Gasteiger partial charge in [-0.25, -0.2) is 0 Å². The van der Waals surface area contributed by atoms with Crippen LogP contribution in [0, 0.1) is 12.8 Å².